The van der Waals surface area contributed by atoms with Gasteiger partial charge in [0.15, 0.2) is 5.82 Å². The Morgan fingerprint density at radius 1 is 1.00 bits per heavy atom. The average molecular weight is 285 g/mol. The zero-order valence-electron chi connectivity index (χ0n) is 10.6. The molecule has 2 aromatic carbocycles. The maximum atomic E-state index is 13.6. The normalized spacial score (nSPS) is 10.7. The van der Waals surface area contributed by atoms with E-state index < -0.39 is 0 Å². The Balaban J connectivity index is 1.73. The number of hydrogen-bond acceptors (Lipinski definition) is 3. The lowest BCUT2D eigenvalue weighted by molar-refractivity contribution is 0.630. The van der Waals surface area contributed by atoms with Crippen molar-refractivity contribution >= 4 is 11.8 Å². The van der Waals surface area contributed by atoms with Crippen molar-refractivity contribution in [1.29, 1.82) is 0 Å². The highest BCUT2D eigenvalue weighted by atomic mass is 32.2. The first-order valence-corrected chi connectivity index (χ1v) is 7.15. The van der Waals surface area contributed by atoms with Crippen LogP contribution in [0, 0.1) is 5.82 Å². The van der Waals surface area contributed by atoms with Gasteiger partial charge in [-0.25, -0.2) is 9.37 Å². The van der Waals surface area contributed by atoms with E-state index in [-0.39, 0.29) is 5.82 Å². The molecule has 1 heterocycles. The Kier molecular flexibility index (Phi) is 3.78. The monoisotopic (exact) mass is 285 g/mol. The Morgan fingerprint density at radius 2 is 1.75 bits per heavy atom. The highest BCUT2D eigenvalue weighted by molar-refractivity contribution is 7.98. The molecule has 0 aliphatic heterocycles. The Morgan fingerprint density at radius 3 is 2.55 bits per heavy atom. The predicted octanol–water partition coefficient (Wildman–Crippen LogP) is 3.90. The predicted molar refractivity (Wildman–Crippen MR) is 77.8 cm³/mol. The third-order valence-corrected chi connectivity index (χ3v) is 3.72. The van der Waals surface area contributed by atoms with Gasteiger partial charge in [0.05, 0.1) is 5.56 Å². The topological polar surface area (TPSA) is 41.6 Å². The summed E-state index contributed by atoms with van der Waals surface area (Å²) < 4.78 is 13.6. The first-order chi connectivity index (χ1) is 9.83. The quantitative estimate of drug-likeness (QED) is 0.739. The Labute approximate surface area is 120 Å². The van der Waals surface area contributed by atoms with E-state index in [0.717, 1.165) is 5.75 Å². The summed E-state index contributed by atoms with van der Waals surface area (Å²) in [6, 6.07) is 16.6. The van der Waals surface area contributed by atoms with Gasteiger partial charge >= 0.3 is 0 Å². The van der Waals surface area contributed by atoms with Gasteiger partial charge in [0.25, 0.3) is 0 Å². The van der Waals surface area contributed by atoms with Gasteiger partial charge in [-0.3, -0.25) is 5.10 Å². The van der Waals surface area contributed by atoms with E-state index >= 15 is 0 Å². The number of halogens is 1. The number of hydrogen-bond donors (Lipinski definition) is 1. The van der Waals surface area contributed by atoms with E-state index in [1.54, 1.807) is 18.2 Å². The van der Waals surface area contributed by atoms with Crippen molar-refractivity contribution in [2.24, 2.45) is 0 Å². The molecular formula is C15H12FN3S. The molecule has 0 fully saturated rings. The molecule has 20 heavy (non-hydrogen) atoms. The molecule has 5 heteroatoms. The van der Waals surface area contributed by atoms with Crippen LogP contribution < -0.4 is 0 Å². The molecule has 0 aliphatic carbocycles. The summed E-state index contributed by atoms with van der Waals surface area (Å²) in [6.45, 7) is 0. The summed E-state index contributed by atoms with van der Waals surface area (Å²) in [5.74, 6) is 0.942. The molecule has 0 saturated carbocycles. The minimum Gasteiger partial charge on any atom is -0.258 e. The molecule has 1 aromatic heterocycles. The molecule has 3 rings (SSSR count). The number of benzene rings is 2. The number of rotatable bonds is 4. The molecule has 100 valence electrons. The molecule has 0 unspecified atom stereocenters. The second kappa shape index (κ2) is 5.88. The summed E-state index contributed by atoms with van der Waals surface area (Å²) in [6.07, 6.45) is 0. The first kappa shape index (κ1) is 12.9. The summed E-state index contributed by atoms with van der Waals surface area (Å²) in [5, 5.41) is 7.50. The summed E-state index contributed by atoms with van der Waals surface area (Å²) >= 11 is 1.52. The minimum absolute atomic E-state index is 0.303. The van der Waals surface area contributed by atoms with Crippen molar-refractivity contribution in [3.8, 4) is 11.4 Å². The first-order valence-electron chi connectivity index (χ1n) is 6.17. The summed E-state index contributed by atoms with van der Waals surface area (Å²) in [5.41, 5.74) is 1.64. The molecular weight excluding hydrogens is 273 g/mol. The lowest BCUT2D eigenvalue weighted by Crippen LogP contribution is -1.85. The number of aromatic nitrogens is 3. The second-order valence-electron chi connectivity index (χ2n) is 4.22. The third-order valence-electron chi connectivity index (χ3n) is 2.80. The molecule has 0 saturated heterocycles. The van der Waals surface area contributed by atoms with E-state index in [9.17, 15) is 4.39 Å². The zero-order chi connectivity index (χ0) is 13.8. The van der Waals surface area contributed by atoms with Crippen LogP contribution >= 0.6 is 11.8 Å². The Hall–Kier alpha value is -2.14. The standard InChI is InChI=1S/C15H12FN3S/c16-13-9-5-4-8-12(13)14-17-15(19-18-14)20-10-11-6-2-1-3-7-11/h1-9H,10H2,(H,17,18,19). The van der Waals surface area contributed by atoms with Crippen molar-refractivity contribution in [2.45, 2.75) is 10.9 Å². The summed E-state index contributed by atoms with van der Waals surface area (Å²) in [7, 11) is 0. The molecule has 3 aromatic rings. The van der Waals surface area contributed by atoms with Crippen molar-refractivity contribution in [1.82, 2.24) is 15.2 Å². The Bertz CT molecular complexity index is 697. The van der Waals surface area contributed by atoms with Gasteiger partial charge in [0.1, 0.15) is 5.82 Å². The summed E-state index contributed by atoms with van der Waals surface area (Å²) in [4.78, 5) is 4.31. The van der Waals surface area contributed by atoms with E-state index in [4.69, 9.17) is 0 Å². The minimum atomic E-state index is -0.303. The molecule has 3 nitrogen and oxygen atoms in total. The fraction of sp³-hybridized carbons (Fsp3) is 0.0667. The van der Waals surface area contributed by atoms with E-state index in [2.05, 4.69) is 27.3 Å². The molecule has 0 radical (unpaired) electrons. The van der Waals surface area contributed by atoms with E-state index in [1.165, 1.54) is 23.4 Å². The van der Waals surface area contributed by atoms with Crippen LogP contribution in [0.5, 0.6) is 0 Å². The largest absolute Gasteiger partial charge is 0.258 e. The number of thioether (sulfide) groups is 1. The van der Waals surface area contributed by atoms with Crippen LogP contribution in [0.2, 0.25) is 0 Å². The van der Waals surface area contributed by atoms with Gasteiger partial charge in [0, 0.05) is 5.75 Å². The molecule has 0 spiro atoms. The number of aromatic amines is 1. The maximum absolute atomic E-state index is 13.6. The molecule has 0 bridgehead atoms. The van der Waals surface area contributed by atoms with Gasteiger partial charge in [-0.05, 0) is 17.7 Å². The fourth-order valence-electron chi connectivity index (χ4n) is 1.81. The smallest absolute Gasteiger partial charge is 0.209 e. The highest BCUT2D eigenvalue weighted by Crippen LogP contribution is 2.23. The molecule has 0 atom stereocenters. The lowest BCUT2D eigenvalue weighted by Gasteiger charge is -1.97. The van der Waals surface area contributed by atoms with Gasteiger partial charge < -0.3 is 0 Å². The van der Waals surface area contributed by atoms with Crippen LogP contribution in [0.1, 0.15) is 5.56 Å². The van der Waals surface area contributed by atoms with Crippen molar-refractivity contribution < 1.29 is 4.39 Å². The average Bonchev–Trinajstić information content (AvgIpc) is 2.95. The van der Waals surface area contributed by atoms with Crippen LogP contribution in [-0.2, 0) is 5.75 Å². The second-order valence-corrected chi connectivity index (χ2v) is 5.16. The lowest BCUT2D eigenvalue weighted by atomic mass is 10.2. The van der Waals surface area contributed by atoms with Crippen LogP contribution in [0.15, 0.2) is 59.8 Å². The van der Waals surface area contributed by atoms with Crippen LogP contribution in [0.25, 0.3) is 11.4 Å². The number of nitrogens with zero attached hydrogens (tertiary/aromatic N) is 2. The molecule has 0 amide bonds. The van der Waals surface area contributed by atoms with Crippen molar-refractivity contribution in [3.63, 3.8) is 0 Å². The third kappa shape index (κ3) is 2.88. The maximum Gasteiger partial charge on any atom is 0.209 e. The zero-order valence-corrected chi connectivity index (χ0v) is 11.4. The number of H-pyrrole nitrogens is 1. The molecule has 1 N–H and O–H groups in total. The number of nitrogens with one attached hydrogen (secondary N) is 1. The van der Waals surface area contributed by atoms with Gasteiger partial charge in [-0.15, -0.1) is 5.10 Å². The van der Waals surface area contributed by atoms with Crippen molar-refractivity contribution in [2.75, 3.05) is 0 Å². The van der Waals surface area contributed by atoms with Gasteiger partial charge in [-0.1, -0.05) is 54.2 Å². The van der Waals surface area contributed by atoms with Gasteiger partial charge in [0.2, 0.25) is 5.16 Å². The van der Waals surface area contributed by atoms with E-state index in [1.807, 2.05) is 18.2 Å². The highest BCUT2D eigenvalue weighted by Gasteiger charge is 2.09. The van der Waals surface area contributed by atoms with Crippen LogP contribution in [0.4, 0.5) is 4.39 Å². The van der Waals surface area contributed by atoms with Gasteiger partial charge in [-0.2, -0.15) is 0 Å². The SMILES string of the molecule is Fc1ccccc1-c1nc(SCc2ccccc2)n[nH]1. The van der Waals surface area contributed by atoms with Crippen LogP contribution in [0.3, 0.4) is 0 Å². The van der Waals surface area contributed by atoms with E-state index in [0.29, 0.717) is 16.5 Å². The van der Waals surface area contributed by atoms with Crippen molar-refractivity contribution in [3.05, 3.63) is 66.0 Å². The fourth-order valence-corrected chi connectivity index (χ4v) is 2.56. The molecule has 0 aliphatic rings. The van der Waals surface area contributed by atoms with Crippen LogP contribution in [-0.4, -0.2) is 15.2 Å².